The Morgan fingerprint density at radius 1 is 0.347 bits per heavy atom. The van der Waals surface area contributed by atoms with Crippen molar-refractivity contribution in [1.29, 1.82) is 0 Å². The van der Waals surface area contributed by atoms with Gasteiger partial charge in [-0.1, -0.05) is 104 Å². The van der Waals surface area contributed by atoms with E-state index in [1.807, 2.05) is 24.3 Å². The van der Waals surface area contributed by atoms with Crippen molar-refractivity contribution < 1.29 is 104 Å². The molecule has 510 valence electrons. The monoisotopic (exact) mass is 1500 g/mol. The molecule has 0 aliphatic rings. The van der Waals surface area contributed by atoms with Crippen molar-refractivity contribution in [3.63, 3.8) is 0 Å². The maximum atomic E-state index is 14.0. The number of ether oxygens (including phenoxy) is 4. The van der Waals surface area contributed by atoms with E-state index in [0.717, 1.165) is 11.1 Å². The molecule has 0 aliphatic heterocycles. The van der Waals surface area contributed by atoms with Crippen LogP contribution in [0.15, 0.2) is 104 Å². The molecule has 31 heteroatoms. The van der Waals surface area contributed by atoms with Crippen LogP contribution in [-0.4, -0.2) is 73.3 Å². The van der Waals surface area contributed by atoms with Crippen LogP contribution in [0, 0.1) is 87.3 Å². The lowest BCUT2D eigenvalue weighted by molar-refractivity contribution is 0.0520. The summed E-state index contributed by atoms with van der Waals surface area (Å²) in [7, 11) is 5.85. The first kappa shape index (κ1) is 79.4. The fourth-order valence-corrected chi connectivity index (χ4v) is 12.1. The van der Waals surface area contributed by atoms with Crippen molar-refractivity contribution in [2.24, 2.45) is 0 Å². The topological polar surface area (TPSA) is 105 Å². The van der Waals surface area contributed by atoms with Crippen LogP contribution in [0.1, 0.15) is 104 Å². The van der Waals surface area contributed by atoms with Gasteiger partial charge in [0.05, 0.1) is 38.6 Å². The lowest BCUT2D eigenvalue weighted by atomic mass is 10.0. The third kappa shape index (κ3) is 22.9. The molecule has 0 fully saturated rings. The second-order valence-electron chi connectivity index (χ2n) is 19.1. The highest BCUT2D eigenvalue weighted by molar-refractivity contribution is 8.77. The molecule has 0 N–H and O–H groups in total. The summed E-state index contributed by atoms with van der Waals surface area (Å²) in [5.74, 6) is -29.6. The third-order valence-corrected chi connectivity index (χ3v) is 18.9. The van der Waals surface area contributed by atoms with Crippen molar-refractivity contribution in [1.82, 2.24) is 0 Å². The number of esters is 4. The minimum Gasteiger partial charge on any atom is -0.461 e. The number of hydrogen-bond acceptors (Lipinski definition) is 12. The molecular formula is C64H49Cl4F15O8S4. The Hall–Kier alpha value is -6.33. The van der Waals surface area contributed by atoms with E-state index in [9.17, 15) is 85.0 Å². The second kappa shape index (κ2) is 39.8. The molecular weight excluding hydrogens is 1450 g/mol. The summed E-state index contributed by atoms with van der Waals surface area (Å²) in [6, 6.07) is 26.0. The number of rotatable bonds is 29. The van der Waals surface area contributed by atoms with E-state index in [1.165, 1.54) is 70.1 Å². The van der Waals surface area contributed by atoms with Gasteiger partial charge in [0, 0.05) is 45.9 Å². The average Bonchev–Trinajstić information content (AvgIpc) is 0.808. The third-order valence-electron chi connectivity index (χ3n) is 12.8. The quantitative estimate of drug-likeness (QED) is 0.00652. The summed E-state index contributed by atoms with van der Waals surface area (Å²) >= 11 is 23.4. The van der Waals surface area contributed by atoms with Gasteiger partial charge in [-0.2, -0.15) is 0 Å². The van der Waals surface area contributed by atoms with Gasteiger partial charge in [-0.15, -0.1) is 46.4 Å². The van der Waals surface area contributed by atoms with Crippen molar-refractivity contribution in [2.45, 2.75) is 48.2 Å². The number of benzene rings is 7. The minimum absolute atomic E-state index is 0.0618. The summed E-state index contributed by atoms with van der Waals surface area (Å²) < 4.78 is 220. The van der Waals surface area contributed by atoms with Gasteiger partial charge in [0.15, 0.2) is 69.8 Å². The maximum absolute atomic E-state index is 14.0. The Morgan fingerprint density at radius 2 is 0.558 bits per heavy atom. The Morgan fingerprint density at radius 3 is 0.779 bits per heavy atom. The molecule has 0 aliphatic carbocycles. The molecule has 0 spiro atoms. The van der Waals surface area contributed by atoms with Gasteiger partial charge in [0.25, 0.3) is 0 Å². The summed E-state index contributed by atoms with van der Waals surface area (Å²) in [5.41, 5.74) is 1.29. The fourth-order valence-electron chi connectivity index (χ4n) is 7.79. The molecule has 0 saturated heterocycles. The molecule has 0 radical (unpaired) electrons. The van der Waals surface area contributed by atoms with Gasteiger partial charge >= 0.3 is 23.9 Å². The Labute approximate surface area is 569 Å². The lowest BCUT2D eigenvalue weighted by Crippen LogP contribution is -2.10. The number of carbonyl (C=O) groups is 4. The molecule has 95 heavy (non-hydrogen) atoms. The maximum Gasteiger partial charge on any atom is 0.338 e. The fraction of sp³-hybridized carbons (Fsp3) is 0.250. The van der Waals surface area contributed by atoms with Gasteiger partial charge in [-0.25, -0.2) is 85.0 Å². The summed E-state index contributed by atoms with van der Waals surface area (Å²) in [6.07, 6.45) is 0.471. The zero-order valence-electron chi connectivity index (χ0n) is 48.7. The zero-order valence-corrected chi connectivity index (χ0v) is 54.9. The van der Waals surface area contributed by atoms with Crippen LogP contribution >= 0.6 is 89.6 Å². The van der Waals surface area contributed by atoms with Gasteiger partial charge < -0.3 is 18.9 Å². The Kier molecular flexibility index (Phi) is 33.2. The van der Waals surface area contributed by atoms with Gasteiger partial charge in [-0.3, -0.25) is 0 Å². The SMILES string of the molecule is C=Cc1c(F)c(F)c(F)c(F)c1F.O=C(OCCSSCCOC(=O)c1ccc(CCC(Cl)c2c(F)c(F)c(F)c(F)c2F)cc1)c1ccc(CCC(Cl)c2c(F)c(F)c(F)c(F)c2F)cc1.O=C(OCCSSCCOC(=O)c1ccc(CCl)cc1)c1ccc(CCl)cc1. The minimum atomic E-state index is -2.27. The summed E-state index contributed by atoms with van der Waals surface area (Å²) in [6.45, 7) is 3.69. The van der Waals surface area contributed by atoms with Gasteiger partial charge in [0.2, 0.25) is 17.5 Å². The van der Waals surface area contributed by atoms with Gasteiger partial charge in [0.1, 0.15) is 26.4 Å². The first-order valence-electron chi connectivity index (χ1n) is 27.4. The second-order valence-corrected chi connectivity index (χ2v) is 26.0. The van der Waals surface area contributed by atoms with Crippen molar-refractivity contribution >= 4 is 120 Å². The Balaban J connectivity index is 0.000000327. The van der Waals surface area contributed by atoms with Crippen molar-refractivity contribution in [3.05, 3.63) is 252 Å². The largest absolute Gasteiger partial charge is 0.461 e. The van der Waals surface area contributed by atoms with Crippen LogP contribution in [0.2, 0.25) is 0 Å². The van der Waals surface area contributed by atoms with Crippen LogP contribution < -0.4 is 0 Å². The molecule has 0 aromatic heterocycles. The van der Waals surface area contributed by atoms with Gasteiger partial charge in [-0.05, 0) is 96.5 Å². The van der Waals surface area contributed by atoms with E-state index in [1.54, 1.807) is 45.9 Å². The average molecular weight is 1500 g/mol. The van der Waals surface area contributed by atoms with Crippen LogP contribution in [0.5, 0.6) is 0 Å². The first-order chi connectivity index (χ1) is 45.3. The van der Waals surface area contributed by atoms with Crippen molar-refractivity contribution in [3.8, 4) is 0 Å². The van der Waals surface area contributed by atoms with E-state index in [2.05, 4.69) is 6.58 Å². The van der Waals surface area contributed by atoms with Crippen LogP contribution in [0.25, 0.3) is 6.08 Å². The molecule has 8 nitrogen and oxygen atoms in total. The number of aryl methyl sites for hydroxylation is 2. The predicted octanol–water partition coefficient (Wildman–Crippen LogP) is 19.9. The zero-order chi connectivity index (χ0) is 70.1. The van der Waals surface area contributed by atoms with E-state index >= 15 is 0 Å². The number of carbonyl (C=O) groups excluding carboxylic acids is 4. The highest BCUT2D eigenvalue weighted by Crippen LogP contribution is 2.36. The van der Waals surface area contributed by atoms with Crippen molar-refractivity contribution in [2.75, 3.05) is 49.4 Å². The summed E-state index contributed by atoms with van der Waals surface area (Å²) in [4.78, 5) is 48.5. The van der Waals surface area contributed by atoms with Crippen LogP contribution in [0.3, 0.4) is 0 Å². The first-order valence-corrected chi connectivity index (χ1v) is 34.3. The standard InChI is InChI=1S/C36H26Cl2F10O4S2.C20H20Cl2O4S2.C8H3F5/c37-21(23-25(39)29(43)33(47)30(44)26(23)40)11-5-17-1-7-19(8-2-17)35(49)51-13-15-53-54-16-14-52-36(50)20-9-3-18(4-10-20)6-12-22(38)24-27(41)31(45)34(48)32(46)28(24)42;21-13-15-1-5-17(6-2-15)19(23)25-9-11-27-28-12-10-26-20(24)18-7-3-16(14-22)4-8-18;1-2-3-4(9)6(11)8(13)7(12)5(3)10/h1-4,7-10,21-22H,5-6,11-16H2;1-8H,9-14H2;2H,1H2. The molecule has 7 rings (SSSR count). The molecule has 0 heterocycles. The molecule has 2 unspecified atom stereocenters. The lowest BCUT2D eigenvalue weighted by Gasteiger charge is -2.14. The molecule has 2 atom stereocenters. The molecule has 0 amide bonds. The Bertz CT molecular complexity index is 3480. The molecule has 0 saturated carbocycles. The predicted molar refractivity (Wildman–Crippen MR) is 338 cm³/mol. The highest BCUT2D eigenvalue weighted by atomic mass is 35.5. The number of halogens is 19. The normalized spacial score (nSPS) is 11.6. The van der Waals surface area contributed by atoms with E-state index < -0.39 is 127 Å². The molecule has 0 bridgehead atoms. The van der Waals surface area contributed by atoms with E-state index in [-0.39, 0.29) is 62.0 Å². The van der Waals surface area contributed by atoms with Crippen LogP contribution in [-0.2, 0) is 43.5 Å². The van der Waals surface area contributed by atoms with Crippen LogP contribution in [0.4, 0.5) is 65.9 Å². The summed E-state index contributed by atoms with van der Waals surface area (Å²) in [5, 5.41) is -3.01. The smallest absolute Gasteiger partial charge is 0.338 e. The molecule has 7 aromatic rings. The van der Waals surface area contributed by atoms with E-state index in [0.29, 0.717) is 76.3 Å². The highest BCUT2D eigenvalue weighted by Gasteiger charge is 2.31. The number of hydrogen-bond donors (Lipinski definition) is 0. The molecule has 7 aromatic carbocycles. The number of alkyl halides is 4. The van der Waals surface area contributed by atoms with E-state index in [4.69, 9.17) is 65.4 Å².